The Kier molecular flexibility index (Phi) is 8.67. The molecule has 1 heterocycles. The van der Waals surface area contributed by atoms with Gasteiger partial charge in [0.25, 0.3) is 0 Å². The largest absolute Gasteiger partial charge is 0.454 e. The highest BCUT2D eigenvalue weighted by Crippen LogP contribution is 2.31. The van der Waals surface area contributed by atoms with E-state index in [1.807, 2.05) is 30.3 Å². The Bertz CT molecular complexity index is 1160. The number of alkyl halides is 6. The van der Waals surface area contributed by atoms with Crippen molar-refractivity contribution in [3.63, 3.8) is 0 Å². The summed E-state index contributed by atoms with van der Waals surface area (Å²) in [7, 11) is 0. The molecular weight excluding hydrogens is 492 g/mol. The molecule has 0 spiro atoms. The summed E-state index contributed by atoms with van der Waals surface area (Å²) in [6.07, 6.45) is -8.37. The van der Waals surface area contributed by atoms with E-state index in [0.717, 1.165) is 23.8 Å². The highest BCUT2D eigenvalue weighted by molar-refractivity contribution is 5.80. The van der Waals surface area contributed by atoms with Gasteiger partial charge in [0.15, 0.2) is 6.61 Å². The summed E-state index contributed by atoms with van der Waals surface area (Å²) in [6.45, 7) is -1.47. The van der Waals surface area contributed by atoms with E-state index in [2.05, 4.69) is 30.3 Å². The monoisotopic (exact) mass is 513 g/mol. The molecule has 3 aromatic rings. The summed E-state index contributed by atoms with van der Waals surface area (Å²) in [5.41, 5.74) is -0.103. The van der Waals surface area contributed by atoms with Gasteiger partial charge in [0.05, 0.1) is 5.56 Å². The standard InChI is InChI=1S/C23H21F6N5O2/c24-22(25,26)14-36-21-33-19(30-11-5-10-18(35)12-15-6-2-1-3-7-15)32-20(34-21)31-17-9-4-8-16(13-17)23(27,28)29/h1-4,6-9,13H,5,10-12,14H2,(H2,30,31,32,33,34). The number of benzene rings is 2. The van der Waals surface area contributed by atoms with Gasteiger partial charge in [-0.2, -0.15) is 41.3 Å². The molecule has 0 fully saturated rings. The summed E-state index contributed by atoms with van der Waals surface area (Å²) in [5, 5.41) is 5.28. The molecule has 0 amide bonds. The van der Waals surface area contributed by atoms with Crippen molar-refractivity contribution in [1.82, 2.24) is 15.0 Å². The molecule has 3 rings (SSSR count). The van der Waals surface area contributed by atoms with Gasteiger partial charge in [0.2, 0.25) is 11.9 Å². The minimum absolute atomic E-state index is 0.000233. The number of carbonyl (C=O) groups excluding carboxylic acids is 1. The Hall–Kier alpha value is -3.90. The number of nitrogens with one attached hydrogen (secondary N) is 2. The molecule has 0 aliphatic heterocycles. The number of anilines is 3. The zero-order valence-corrected chi connectivity index (χ0v) is 18.7. The smallest absolute Gasteiger partial charge is 0.422 e. The van der Waals surface area contributed by atoms with Crippen LogP contribution < -0.4 is 15.4 Å². The van der Waals surface area contributed by atoms with Gasteiger partial charge in [-0.3, -0.25) is 4.79 Å². The van der Waals surface area contributed by atoms with Gasteiger partial charge in [0, 0.05) is 25.1 Å². The molecule has 2 aromatic carbocycles. The number of carbonyl (C=O) groups is 1. The molecule has 192 valence electrons. The van der Waals surface area contributed by atoms with Crippen LogP contribution in [0, 0.1) is 0 Å². The lowest BCUT2D eigenvalue weighted by atomic mass is 10.1. The maximum absolute atomic E-state index is 13.0. The zero-order valence-electron chi connectivity index (χ0n) is 18.7. The first-order chi connectivity index (χ1) is 17.0. The van der Waals surface area contributed by atoms with Crippen molar-refractivity contribution in [2.45, 2.75) is 31.6 Å². The number of aromatic nitrogens is 3. The Labute approximate surface area is 201 Å². The number of ether oxygens (including phenoxy) is 1. The predicted molar refractivity (Wildman–Crippen MR) is 119 cm³/mol. The molecule has 13 heteroatoms. The summed E-state index contributed by atoms with van der Waals surface area (Å²) in [4.78, 5) is 23.6. The summed E-state index contributed by atoms with van der Waals surface area (Å²) >= 11 is 0. The van der Waals surface area contributed by atoms with Crippen molar-refractivity contribution in [2.75, 3.05) is 23.8 Å². The third kappa shape index (κ3) is 9.04. The van der Waals surface area contributed by atoms with E-state index < -0.39 is 30.5 Å². The van der Waals surface area contributed by atoms with E-state index in [1.54, 1.807) is 0 Å². The van der Waals surface area contributed by atoms with E-state index in [-0.39, 0.29) is 42.8 Å². The Morgan fingerprint density at radius 3 is 2.31 bits per heavy atom. The Balaban J connectivity index is 1.66. The van der Waals surface area contributed by atoms with Crippen molar-refractivity contribution < 1.29 is 35.9 Å². The number of Topliss-reactive ketones (excluding diaryl/α,β-unsaturated/α-hetero) is 1. The fraction of sp³-hybridized carbons (Fsp3) is 0.304. The van der Waals surface area contributed by atoms with Crippen LogP contribution in [-0.2, 0) is 17.4 Å². The van der Waals surface area contributed by atoms with Crippen molar-refractivity contribution >= 4 is 23.4 Å². The Morgan fingerprint density at radius 2 is 1.61 bits per heavy atom. The number of rotatable bonds is 11. The van der Waals surface area contributed by atoms with Crippen LogP contribution in [0.15, 0.2) is 54.6 Å². The molecule has 7 nitrogen and oxygen atoms in total. The van der Waals surface area contributed by atoms with Crippen molar-refractivity contribution in [1.29, 1.82) is 0 Å². The van der Waals surface area contributed by atoms with Crippen LogP contribution in [0.25, 0.3) is 0 Å². The average Bonchev–Trinajstić information content (AvgIpc) is 2.80. The highest BCUT2D eigenvalue weighted by atomic mass is 19.4. The van der Waals surface area contributed by atoms with Crippen molar-refractivity contribution in [3.8, 4) is 6.01 Å². The molecule has 0 radical (unpaired) electrons. The average molecular weight is 513 g/mol. The lowest BCUT2D eigenvalue weighted by Gasteiger charge is -2.13. The predicted octanol–water partition coefficient (Wildman–Crippen LogP) is 5.58. The normalized spacial score (nSPS) is 11.7. The minimum atomic E-state index is -4.66. The first-order valence-electron chi connectivity index (χ1n) is 10.7. The second-order valence-corrected chi connectivity index (χ2v) is 7.60. The topological polar surface area (TPSA) is 89.0 Å². The quantitative estimate of drug-likeness (QED) is 0.256. The molecule has 36 heavy (non-hydrogen) atoms. The lowest BCUT2D eigenvalue weighted by Crippen LogP contribution is -2.21. The second-order valence-electron chi connectivity index (χ2n) is 7.60. The fourth-order valence-corrected chi connectivity index (χ4v) is 3.00. The van der Waals surface area contributed by atoms with Gasteiger partial charge >= 0.3 is 18.4 Å². The van der Waals surface area contributed by atoms with Crippen LogP contribution in [0.1, 0.15) is 24.0 Å². The van der Waals surface area contributed by atoms with Gasteiger partial charge in [-0.1, -0.05) is 36.4 Å². The van der Waals surface area contributed by atoms with E-state index in [9.17, 15) is 31.1 Å². The lowest BCUT2D eigenvalue weighted by molar-refractivity contribution is -0.154. The third-order valence-corrected chi connectivity index (χ3v) is 4.59. The van der Waals surface area contributed by atoms with Crippen LogP contribution in [0.2, 0.25) is 0 Å². The Morgan fingerprint density at radius 1 is 0.889 bits per heavy atom. The van der Waals surface area contributed by atoms with Gasteiger partial charge in [0.1, 0.15) is 5.78 Å². The van der Waals surface area contributed by atoms with E-state index >= 15 is 0 Å². The SMILES string of the molecule is O=C(CCCNc1nc(Nc2cccc(C(F)(F)F)c2)nc(OCC(F)(F)F)n1)Cc1ccccc1. The van der Waals surface area contributed by atoms with E-state index in [4.69, 9.17) is 0 Å². The second kappa shape index (κ2) is 11.7. The zero-order chi connectivity index (χ0) is 26.2. The molecule has 2 N–H and O–H groups in total. The number of hydrogen-bond donors (Lipinski definition) is 2. The molecular formula is C23H21F6N5O2. The van der Waals surface area contributed by atoms with Crippen LogP contribution in [-0.4, -0.2) is 40.1 Å². The maximum atomic E-state index is 13.0. The summed E-state index contributed by atoms with van der Waals surface area (Å²) in [6, 6.07) is 12.6. The molecule has 0 aliphatic carbocycles. The van der Waals surface area contributed by atoms with Crippen LogP contribution in [0.4, 0.5) is 43.9 Å². The number of ketones is 1. The van der Waals surface area contributed by atoms with Crippen LogP contribution >= 0.6 is 0 Å². The number of nitrogens with zero attached hydrogens (tertiary/aromatic N) is 3. The molecule has 0 atom stereocenters. The molecule has 0 aliphatic rings. The molecule has 1 aromatic heterocycles. The third-order valence-electron chi connectivity index (χ3n) is 4.59. The minimum Gasteiger partial charge on any atom is -0.454 e. The number of hydrogen-bond acceptors (Lipinski definition) is 7. The molecule has 0 saturated carbocycles. The van der Waals surface area contributed by atoms with Crippen molar-refractivity contribution in [3.05, 3.63) is 65.7 Å². The number of halogens is 6. The van der Waals surface area contributed by atoms with Gasteiger partial charge < -0.3 is 15.4 Å². The molecule has 0 saturated heterocycles. The molecule has 0 unspecified atom stereocenters. The van der Waals surface area contributed by atoms with Gasteiger partial charge in [-0.05, 0) is 30.2 Å². The van der Waals surface area contributed by atoms with E-state index in [1.165, 1.54) is 6.07 Å². The first kappa shape index (κ1) is 26.7. The maximum Gasteiger partial charge on any atom is 0.422 e. The van der Waals surface area contributed by atoms with Gasteiger partial charge in [-0.25, -0.2) is 0 Å². The summed E-state index contributed by atoms with van der Waals surface area (Å²) in [5.74, 6) is -0.504. The first-order valence-corrected chi connectivity index (χ1v) is 10.7. The van der Waals surface area contributed by atoms with Gasteiger partial charge in [-0.15, -0.1) is 0 Å². The fourth-order valence-electron chi connectivity index (χ4n) is 3.00. The van der Waals surface area contributed by atoms with Crippen LogP contribution in [0.3, 0.4) is 0 Å². The molecule has 0 bridgehead atoms. The summed E-state index contributed by atoms with van der Waals surface area (Å²) < 4.78 is 81.2. The van der Waals surface area contributed by atoms with Crippen LogP contribution in [0.5, 0.6) is 6.01 Å². The van der Waals surface area contributed by atoms with Crippen molar-refractivity contribution in [2.24, 2.45) is 0 Å². The highest BCUT2D eigenvalue weighted by Gasteiger charge is 2.31. The van der Waals surface area contributed by atoms with E-state index in [0.29, 0.717) is 6.42 Å².